The molecule has 1 unspecified atom stereocenters. The Hall–Kier alpha value is -0.680. The van der Waals surface area contributed by atoms with Crippen molar-refractivity contribution in [1.82, 2.24) is 0 Å². The Kier molecular flexibility index (Phi) is 29.5. The molecule has 0 saturated heterocycles. The topological polar surface area (TPSA) is 18.5 Å². The predicted molar refractivity (Wildman–Crippen MR) is 192 cm³/mol. The molecule has 0 rings (SSSR count). The zero-order valence-electron chi connectivity index (χ0n) is 30.7. The first-order valence-corrected chi connectivity index (χ1v) is 18.8. The number of nitrogens with zero attached hydrogens (tertiary/aromatic N) is 2. The van der Waals surface area contributed by atoms with Gasteiger partial charge in [-0.2, -0.15) is 0 Å². The van der Waals surface area contributed by atoms with Crippen LogP contribution in [0.2, 0.25) is 0 Å². The van der Waals surface area contributed by atoms with E-state index in [0.717, 1.165) is 35.3 Å². The number of likely N-dealkylation sites (N-methyl/N-ethyl adjacent to an activating group) is 1. The highest BCUT2D eigenvalue weighted by atomic mass is 16.5. The monoisotopic (exact) mass is 609 g/mol. The van der Waals surface area contributed by atoms with Crippen LogP contribution >= 0.6 is 0 Å². The Morgan fingerprint density at radius 1 is 0.488 bits per heavy atom. The molecule has 4 heteroatoms. The van der Waals surface area contributed by atoms with E-state index in [2.05, 4.69) is 73.4 Å². The Labute approximate surface area is 271 Å². The summed E-state index contributed by atoms with van der Waals surface area (Å²) in [6.45, 7) is 10.5. The van der Waals surface area contributed by atoms with Crippen LogP contribution in [0.4, 0.5) is 0 Å². The van der Waals surface area contributed by atoms with Crippen LogP contribution in [0.25, 0.3) is 0 Å². The van der Waals surface area contributed by atoms with Gasteiger partial charge in [0.05, 0.1) is 54.9 Å². The van der Waals surface area contributed by atoms with E-state index < -0.39 is 0 Å². The number of unbranched alkanes of at least 4 members (excludes halogenated alkanes) is 16. The molecule has 0 spiro atoms. The van der Waals surface area contributed by atoms with Gasteiger partial charge in [0, 0.05) is 19.6 Å². The van der Waals surface area contributed by atoms with Gasteiger partial charge in [0.25, 0.3) is 0 Å². The molecule has 256 valence electrons. The standard InChI is InChI=1S/C39H80N2O2/c1-8-10-12-14-16-18-20-22-24-26-28-30-35-42-38-39(37-41(6,7)34-32-33-40(3,4)5)43-36-31-29-27-25-23-21-19-17-15-13-11-9-2/h14-17,39H,8-13,18-38H2,1-7H3/q+2/b16-14-,17-15-. The molecule has 1 atom stereocenters. The van der Waals surface area contributed by atoms with Gasteiger partial charge in [-0.1, -0.05) is 115 Å². The van der Waals surface area contributed by atoms with Gasteiger partial charge in [0.15, 0.2) is 0 Å². The van der Waals surface area contributed by atoms with E-state index >= 15 is 0 Å². The molecule has 43 heavy (non-hydrogen) atoms. The van der Waals surface area contributed by atoms with Crippen molar-refractivity contribution in [2.24, 2.45) is 0 Å². The smallest absolute Gasteiger partial charge is 0.130 e. The Bertz CT molecular complexity index is 623. The minimum Gasteiger partial charge on any atom is -0.379 e. The van der Waals surface area contributed by atoms with Crippen molar-refractivity contribution in [2.75, 3.05) is 74.7 Å². The number of hydrogen-bond donors (Lipinski definition) is 0. The summed E-state index contributed by atoms with van der Waals surface area (Å²) in [7, 11) is 11.6. The molecular weight excluding hydrogens is 528 g/mol. The molecule has 0 bridgehead atoms. The van der Waals surface area contributed by atoms with Gasteiger partial charge in [-0.05, 0) is 51.4 Å². The maximum absolute atomic E-state index is 6.47. The fourth-order valence-corrected chi connectivity index (χ4v) is 5.59. The highest BCUT2D eigenvalue weighted by Gasteiger charge is 2.24. The first kappa shape index (κ1) is 42.3. The van der Waals surface area contributed by atoms with Crippen LogP contribution in [0, 0.1) is 0 Å². The zero-order valence-corrected chi connectivity index (χ0v) is 30.7. The second kappa shape index (κ2) is 30.0. The maximum Gasteiger partial charge on any atom is 0.130 e. The van der Waals surface area contributed by atoms with Crippen LogP contribution < -0.4 is 0 Å². The van der Waals surface area contributed by atoms with E-state index in [1.807, 2.05) is 0 Å². The molecule has 0 aromatic heterocycles. The van der Waals surface area contributed by atoms with Crippen molar-refractivity contribution in [3.05, 3.63) is 24.3 Å². The second-order valence-electron chi connectivity index (χ2n) is 14.8. The van der Waals surface area contributed by atoms with Crippen LogP contribution in [0.5, 0.6) is 0 Å². The van der Waals surface area contributed by atoms with Crippen LogP contribution in [0.1, 0.15) is 149 Å². The Morgan fingerprint density at radius 3 is 1.42 bits per heavy atom. The highest BCUT2D eigenvalue weighted by molar-refractivity contribution is 4.81. The average Bonchev–Trinajstić information content (AvgIpc) is 2.94. The first-order chi connectivity index (χ1) is 20.7. The average molecular weight is 609 g/mol. The molecule has 0 fully saturated rings. The lowest BCUT2D eigenvalue weighted by Gasteiger charge is -2.34. The van der Waals surface area contributed by atoms with E-state index in [4.69, 9.17) is 9.47 Å². The molecule has 0 aromatic carbocycles. The Balaban J connectivity index is 4.18. The van der Waals surface area contributed by atoms with Crippen molar-refractivity contribution >= 4 is 0 Å². The summed E-state index contributed by atoms with van der Waals surface area (Å²) in [5.41, 5.74) is 0. The summed E-state index contributed by atoms with van der Waals surface area (Å²) in [6, 6.07) is 0. The maximum atomic E-state index is 6.47. The normalized spacial score (nSPS) is 13.6. The van der Waals surface area contributed by atoms with Crippen molar-refractivity contribution in [3.8, 4) is 0 Å². The van der Waals surface area contributed by atoms with Crippen LogP contribution in [-0.2, 0) is 9.47 Å². The van der Waals surface area contributed by atoms with Gasteiger partial charge in [0.2, 0.25) is 0 Å². The van der Waals surface area contributed by atoms with Crippen LogP contribution in [-0.4, -0.2) is 89.8 Å². The highest BCUT2D eigenvalue weighted by Crippen LogP contribution is 2.12. The molecule has 0 saturated carbocycles. The number of allylic oxidation sites excluding steroid dienone is 4. The minimum absolute atomic E-state index is 0.198. The number of ether oxygens (including phenoxy) is 2. The van der Waals surface area contributed by atoms with Gasteiger partial charge in [0.1, 0.15) is 12.6 Å². The largest absolute Gasteiger partial charge is 0.379 e. The van der Waals surface area contributed by atoms with Crippen molar-refractivity contribution in [1.29, 1.82) is 0 Å². The summed E-state index contributed by atoms with van der Waals surface area (Å²) in [5, 5.41) is 0. The van der Waals surface area contributed by atoms with E-state index in [9.17, 15) is 0 Å². The third-order valence-corrected chi connectivity index (χ3v) is 8.40. The predicted octanol–water partition coefficient (Wildman–Crippen LogP) is 10.5. The molecule has 0 aliphatic heterocycles. The van der Waals surface area contributed by atoms with Crippen molar-refractivity contribution < 1.29 is 18.4 Å². The third kappa shape index (κ3) is 34.0. The van der Waals surface area contributed by atoms with Crippen molar-refractivity contribution in [3.63, 3.8) is 0 Å². The van der Waals surface area contributed by atoms with Crippen LogP contribution in [0.3, 0.4) is 0 Å². The Morgan fingerprint density at radius 2 is 0.930 bits per heavy atom. The number of hydrogen-bond acceptors (Lipinski definition) is 2. The van der Waals surface area contributed by atoms with Gasteiger partial charge in [-0.3, -0.25) is 0 Å². The lowest BCUT2D eigenvalue weighted by Crippen LogP contribution is -2.49. The molecular formula is C39H80N2O2+2. The fraction of sp³-hybridized carbons (Fsp3) is 0.897. The quantitative estimate of drug-likeness (QED) is 0.0419. The molecule has 4 nitrogen and oxygen atoms in total. The molecule has 0 aromatic rings. The third-order valence-electron chi connectivity index (χ3n) is 8.40. The van der Waals surface area contributed by atoms with Gasteiger partial charge < -0.3 is 18.4 Å². The van der Waals surface area contributed by atoms with Gasteiger partial charge >= 0.3 is 0 Å². The van der Waals surface area contributed by atoms with E-state index in [0.29, 0.717) is 0 Å². The lowest BCUT2D eigenvalue weighted by molar-refractivity contribution is -0.904. The molecule has 0 N–H and O–H groups in total. The zero-order chi connectivity index (χ0) is 31.9. The molecule has 0 radical (unpaired) electrons. The summed E-state index contributed by atoms with van der Waals surface area (Å²) in [4.78, 5) is 0. The summed E-state index contributed by atoms with van der Waals surface area (Å²) in [5.74, 6) is 0. The minimum atomic E-state index is 0.198. The molecule has 0 amide bonds. The summed E-state index contributed by atoms with van der Waals surface area (Å²) in [6.07, 6.45) is 37.0. The van der Waals surface area contributed by atoms with Crippen LogP contribution in [0.15, 0.2) is 24.3 Å². The molecule has 0 aliphatic rings. The SMILES string of the molecule is CCCC/C=C\CCCCCCCCOCC(C[N+](C)(C)CCC[N+](C)(C)C)OCCCCCCCC/C=C\CCCC. The summed E-state index contributed by atoms with van der Waals surface area (Å²) < 4.78 is 14.7. The lowest BCUT2D eigenvalue weighted by atomic mass is 10.1. The van der Waals surface area contributed by atoms with E-state index in [1.54, 1.807) is 0 Å². The van der Waals surface area contributed by atoms with Gasteiger partial charge in [-0.15, -0.1) is 0 Å². The molecule has 0 heterocycles. The first-order valence-electron chi connectivity index (χ1n) is 18.8. The second-order valence-corrected chi connectivity index (χ2v) is 14.8. The van der Waals surface area contributed by atoms with Gasteiger partial charge in [-0.25, -0.2) is 0 Å². The number of quaternary nitrogens is 2. The van der Waals surface area contributed by atoms with E-state index in [1.165, 1.54) is 148 Å². The molecule has 0 aliphatic carbocycles. The number of rotatable bonds is 33. The van der Waals surface area contributed by atoms with Crippen molar-refractivity contribution in [2.45, 2.75) is 155 Å². The fourth-order valence-electron chi connectivity index (χ4n) is 5.59. The summed E-state index contributed by atoms with van der Waals surface area (Å²) >= 11 is 0. The van der Waals surface area contributed by atoms with E-state index in [-0.39, 0.29) is 6.10 Å².